The van der Waals surface area contributed by atoms with Crippen molar-refractivity contribution in [3.63, 3.8) is 0 Å². The van der Waals surface area contributed by atoms with E-state index < -0.39 is 0 Å². The maximum atomic E-state index is 6.13. The molecule has 3 heteroatoms. The van der Waals surface area contributed by atoms with Gasteiger partial charge in [-0.3, -0.25) is 0 Å². The fourth-order valence-electron chi connectivity index (χ4n) is 4.94. The monoisotopic (exact) mass is 295 g/mol. The molecule has 2 saturated heterocycles. The van der Waals surface area contributed by atoms with Gasteiger partial charge in [-0.2, -0.15) is 0 Å². The number of rotatable bonds is 3. The number of hydrogen-bond acceptors (Lipinski definition) is 3. The van der Waals surface area contributed by atoms with Gasteiger partial charge in [0.25, 0.3) is 0 Å². The van der Waals surface area contributed by atoms with E-state index in [1.54, 1.807) is 0 Å². The van der Waals surface area contributed by atoms with Crippen LogP contribution in [0.3, 0.4) is 0 Å². The van der Waals surface area contributed by atoms with Crippen molar-refractivity contribution in [2.75, 3.05) is 26.9 Å². The van der Waals surface area contributed by atoms with Crippen molar-refractivity contribution in [3.05, 3.63) is 0 Å². The van der Waals surface area contributed by atoms with Gasteiger partial charge in [0, 0.05) is 25.7 Å². The van der Waals surface area contributed by atoms with Crippen molar-refractivity contribution in [3.8, 4) is 0 Å². The quantitative estimate of drug-likeness (QED) is 0.864. The third kappa shape index (κ3) is 3.80. The Kier molecular flexibility index (Phi) is 5.58. The second-order valence-electron chi connectivity index (χ2n) is 7.51. The summed E-state index contributed by atoms with van der Waals surface area (Å²) < 4.78 is 11.8. The van der Waals surface area contributed by atoms with Gasteiger partial charge in [-0.25, -0.2) is 0 Å². The molecule has 0 bridgehead atoms. The molecule has 0 aromatic rings. The van der Waals surface area contributed by atoms with E-state index in [0.717, 1.165) is 38.1 Å². The standard InChI is InChI=1S/C18H33NO2/c1-19-17(15-7-5-3-2-4-6-8-15)16-9-11-21-18(13-16)10-12-20-14-18/h15-17,19H,2-14H2,1H3. The van der Waals surface area contributed by atoms with Gasteiger partial charge in [-0.1, -0.05) is 32.1 Å². The highest BCUT2D eigenvalue weighted by atomic mass is 16.6. The lowest BCUT2D eigenvalue weighted by Gasteiger charge is -2.43. The van der Waals surface area contributed by atoms with E-state index in [0.29, 0.717) is 6.04 Å². The van der Waals surface area contributed by atoms with E-state index in [1.165, 1.54) is 57.8 Å². The second-order valence-corrected chi connectivity index (χ2v) is 7.51. The van der Waals surface area contributed by atoms with Crippen LogP contribution in [0.2, 0.25) is 0 Å². The molecule has 3 atom stereocenters. The van der Waals surface area contributed by atoms with Crippen LogP contribution >= 0.6 is 0 Å². The second kappa shape index (κ2) is 7.43. The first-order valence-corrected chi connectivity index (χ1v) is 9.22. The zero-order valence-corrected chi connectivity index (χ0v) is 13.7. The first-order chi connectivity index (χ1) is 10.3. The van der Waals surface area contributed by atoms with E-state index >= 15 is 0 Å². The van der Waals surface area contributed by atoms with Crippen molar-refractivity contribution in [2.24, 2.45) is 11.8 Å². The first kappa shape index (κ1) is 15.8. The van der Waals surface area contributed by atoms with E-state index in [2.05, 4.69) is 12.4 Å². The van der Waals surface area contributed by atoms with E-state index in [4.69, 9.17) is 9.47 Å². The fraction of sp³-hybridized carbons (Fsp3) is 1.00. The molecule has 1 spiro atoms. The number of ether oxygens (including phenoxy) is 2. The molecule has 1 N–H and O–H groups in total. The molecule has 0 amide bonds. The first-order valence-electron chi connectivity index (χ1n) is 9.22. The van der Waals surface area contributed by atoms with Gasteiger partial charge in [0.1, 0.15) is 0 Å². The lowest BCUT2D eigenvalue weighted by molar-refractivity contribution is -0.106. The summed E-state index contributed by atoms with van der Waals surface area (Å²) in [5.74, 6) is 1.65. The van der Waals surface area contributed by atoms with Gasteiger partial charge in [0.05, 0.1) is 12.2 Å². The van der Waals surface area contributed by atoms with Gasteiger partial charge in [0.15, 0.2) is 0 Å². The van der Waals surface area contributed by atoms with Crippen LogP contribution in [0.4, 0.5) is 0 Å². The van der Waals surface area contributed by atoms with Gasteiger partial charge in [-0.05, 0) is 44.6 Å². The van der Waals surface area contributed by atoms with E-state index in [9.17, 15) is 0 Å². The van der Waals surface area contributed by atoms with Crippen LogP contribution in [0.1, 0.15) is 64.2 Å². The summed E-state index contributed by atoms with van der Waals surface area (Å²) >= 11 is 0. The Balaban J connectivity index is 1.63. The van der Waals surface area contributed by atoms with Crippen LogP contribution in [0.5, 0.6) is 0 Å². The third-order valence-electron chi connectivity index (χ3n) is 6.10. The van der Waals surface area contributed by atoms with E-state index in [-0.39, 0.29) is 5.60 Å². The molecule has 2 aliphatic heterocycles. The minimum absolute atomic E-state index is 0.0552. The topological polar surface area (TPSA) is 30.5 Å². The number of hydrogen-bond donors (Lipinski definition) is 1. The maximum absolute atomic E-state index is 6.13. The summed E-state index contributed by atoms with van der Waals surface area (Å²) in [5.41, 5.74) is 0.0552. The predicted molar refractivity (Wildman–Crippen MR) is 85.5 cm³/mol. The average molecular weight is 295 g/mol. The van der Waals surface area contributed by atoms with Gasteiger partial charge < -0.3 is 14.8 Å². The van der Waals surface area contributed by atoms with Crippen molar-refractivity contribution >= 4 is 0 Å². The van der Waals surface area contributed by atoms with Crippen LogP contribution in [0.15, 0.2) is 0 Å². The van der Waals surface area contributed by atoms with Gasteiger partial charge >= 0.3 is 0 Å². The van der Waals surface area contributed by atoms with Crippen molar-refractivity contribution < 1.29 is 9.47 Å². The molecule has 3 fully saturated rings. The molecular formula is C18H33NO2. The largest absolute Gasteiger partial charge is 0.378 e. The molecule has 1 saturated carbocycles. The maximum Gasteiger partial charge on any atom is 0.0939 e. The molecule has 0 aromatic carbocycles. The number of nitrogens with one attached hydrogen (secondary N) is 1. The fourth-order valence-corrected chi connectivity index (χ4v) is 4.94. The molecule has 1 aliphatic carbocycles. The zero-order valence-electron chi connectivity index (χ0n) is 13.7. The highest BCUT2D eigenvalue weighted by molar-refractivity contribution is 4.95. The Hall–Kier alpha value is -0.120. The summed E-state index contributed by atoms with van der Waals surface area (Å²) in [6, 6.07) is 0.685. The Morgan fingerprint density at radius 3 is 2.38 bits per heavy atom. The molecule has 3 rings (SSSR count). The molecule has 0 aromatic heterocycles. The summed E-state index contributed by atoms with van der Waals surface area (Å²) in [6.07, 6.45) is 13.6. The lowest BCUT2D eigenvalue weighted by Crippen LogP contribution is -2.49. The molecule has 122 valence electrons. The van der Waals surface area contributed by atoms with Crippen molar-refractivity contribution in [1.29, 1.82) is 0 Å². The molecule has 3 unspecified atom stereocenters. The Labute approximate surface area is 130 Å². The molecule has 3 nitrogen and oxygen atoms in total. The smallest absolute Gasteiger partial charge is 0.0939 e. The van der Waals surface area contributed by atoms with E-state index in [1.807, 2.05) is 0 Å². The highest BCUT2D eigenvalue weighted by Gasteiger charge is 2.43. The van der Waals surface area contributed by atoms with Crippen LogP contribution in [0, 0.1) is 11.8 Å². The Bertz CT molecular complexity index is 306. The Morgan fingerprint density at radius 2 is 1.71 bits per heavy atom. The minimum atomic E-state index is 0.0552. The average Bonchev–Trinajstić information content (AvgIpc) is 2.89. The van der Waals surface area contributed by atoms with Crippen molar-refractivity contribution in [2.45, 2.75) is 75.9 Å². The van der Waals surface area contributed by atoms with Crippen LogP contribution < -0.4 is 5.32 Å². The molecular weight excluding hydrogens is 262 g/mol. The minimum Gasteiger partial charge on any atom is -0.378 e. The molecule has 2 heterocycles. The van der Waals surface area contributed by atoms with Gasteiger partial charge in [0.2, 0.25) is 0 Å². The summed E-state index contributed by atoms with van der Waals surface area (Å²) in [6.45, 7) is 2.64. The molecule has 3 aliphatic rings. The summed E-state index contributed by atoms with van der Waals surface area (Å²) in [7, 11) is 2.18. The molecule has 0 radical (unpaired) electrons. The highest BCUT2D eigenvalue weighted by Crippen LogP contribution is 2.40. The normalized spacial score (nSPS) is 37.3. The molecule has 21 heavy (non-hydrogen) atoms. The summed E-state index contributed by atoms with van der Waals surface area (Å²) in [4.78, 5) is 0. The van der Waals surface area contributed by atoms with Gasteiger partial charge in [-0.15, -0.1) is 0 Å². The third-order valence-corrected chi connectivity index (χ3v) is 6.10. The van der Waals surface area contributed by atoms with Crippen LogP contribution in [-0.2, 0) is 9.47 Å². The Morgan fingerprint density at radius 1 is 0.952 bits per heavy atom. The van der Waals surface area contributed by atoms with Crippen molar-refractivity contribution in [1.82, 2.24) is 5.32 Å². The zero-order chi connectivity index (χ0) is 14.5. The van der Waals surface area contributed by atoms with Crippen LogP contribution in [0.25, 0.3) is 0 Å². The SMILES string of the molecule is CNC(C1CCCCCCC1)C1CCOC2(CCOC2)C1. The lowest BCUT2D eigenvalue weighted by atomic mass is 9.74. The van der Waals surface area contributed by atoms with Crippen LogP contribution in [-0.4, -0.2) is 38.5 Å². The summed E-state index contributed by atoms with van der Waals surface area (Å²) in [5, 5.41) is 3.70. The predicted octanol–water partition coefficient (Wildman–Crippen LogP) is 3.52.